The third-order valence-electron chi connectivity index (χ3n) is 3.37. The summed E-state index contributed by atoms with van der Waals surface area (Å²) in [5.41, 5.74) is -0.482. The zero-order valence-corrected chi connectivity index (χ0v) is 16.6. The highest BCUT2D eigenvalue weighted by atomic mass is 35.5. The Morgan fingerprint density at radius 2 is 1.96 bits per heavy atom. The second-order valence-corrected chi connectivity index (χ2v) is 9.08. The van der Waals surface area contributed by atoms with E-state index < -0.39 is 26.9 Å². The maximum absolute atomic E-state index is 12.4. The van der Waals surface area contributed by atoms with Crippen LogP contribution in [-0.4, -0.2) is 56.4 Å². The first kappa shape index (κ1) is 20.6. The maximum atomic E-state index is 12.4. The molecule has 146 valence electrons. The average Bonchev–Trinajstić information content (AvgIpc) is 2.57. The van der Waals surface area contributed by atoms with E-state index in [0.29, 0.717) is 26.2 Å². The summed E-state index contributed by atoms with van der Waals surface area (Å²) in [6.07, 6.45) is -0.511. The van der Waals surface area contributed by atoms with Gasteiger partial charge in [0, 0.05) is 26.2 Å². The Balaban J connectivity index is 2.32. The molecule has 2 rings (SSSR count). The van der Waals surface area contributed by atoms with Crippen LogP contribution in [0.4, 0.5) is 10.5 Å². The third-order valence-corrected chi connectivity index (χ3v) is 5.05. The Morgan fingerprint density at radius 3 is 2.54 bits per heavy atom. The van der Waals surface area contributed by atoms with Gasteiger partial charge in [0.25, 0.3) is 0 Å². The summed E-state index contributed by atoms with van der Waals surface area (Å²) in [6, 6.07) is 4.65. The van der Waals surface area contributed by atoms with Crippen LogP contribution in [0.2, 0.25) is 0 Å². The number of alkyl halides is 1. The highest BCUT2D eigenvalue weighted by Crippen LogP contribution is 2.38. The van der Waals surface area contributed by atoms with E-state index in [-0.39, 0.29) is 17.2 Å². The molecule has 0 bridgehead atoms. The van der Waals surface area contributed by atoms with Crippen LogP contribution < -0.4 is 19.5 Å². The number of hydrogen-bond acceptors (Lipinski definition) is 6. The van der Waals surface area contributed by atoms with E-state index in [1.54, 1.807) is 17.0 Å². The number of halogens is 1. The van der Waals surface area contributed by atoms with E-state index in [0.717, 1.165) is 0 Å². The van der Waals surface area contributed by atoms with Gasteiger partial charge in [0.15, 0.2) is 11.5 Å². The summed E-state index contributed by atoms with van der Waals surface area (Å²) in [4.78, 5) is 14.0. The molecule has 1 saturated heterocycles. The van der Waals surface area contributed by atoms with Crippen LogP contribution in [0.3, 0.4) is 0 Å². The molecule has 1 fully saturated rings. The molecule has 0 atom stereocenters. The van der Waals surface area contributed by atoms with E-state index in [1.807, 2.05) is 20.8 Å². The van der Waals surface area contributed by atoms with Crippen LogP contribution in [0.25, 0.3) is 0 Å². The summed E-state index contributed by atoms with van der Waals surface area (Å²) in [7, 11) is -3.74. The Kier molecular flexibility index (Phi) is 6.59. The van der Waals surface area contributed by atoms with Gasteiger partial charge < -0.3 is 19.7 Å². The lowest BCUT2D eigenvalue weighted by molar-refractivity contribution is 0.118. The fraction of sp³-hybridized carbons (Fsp3) is 0.562. The van der Waals surface area contributed by atoms with Crippen molar-refractivity contribution in [1.82, 2.24) is 10.2 Å². The first-order valence-electron chi connectivity index (χ1n) is 8.17. The highest BCUT2D eigenvalue weighted by molar-refractivity contribution is 7.93. The van der Waals surface area contributed by atoms with Gasteiger partial charge in [-0.2, -0.15) is 0 Å². The number of amides is 1. The number of nitrogens with one attached hydrogen (secondary N) is 2. The Hall–Kier alpha value is -1.71. The molecule has 0 radical (unpaired) electrons. The Morgan fingerprint density at radius 1 is 1.31 bits per heavy atom. The van der Waals surface area contributed by atoms with Gasteiger partial charge in [-0.25, -0.2) is 13.2 Å². The molecule has 8 nitrogen and oxygen atoms in total. The standard InChI is InChI=1S/C16H24ClN3O5S/c1-16(2,3)25-14-12(19-26(22,23)11-17)5-4-6-13(14)24-15(21)20-9-7-18-8-10-20/h4-6,18-19H,7-11H2,1-3H3. The molecule has 26 heavy (non-hydrogen) atoms. The molecule has 2 N–H and O–H groups in total. The first-order valence-corrected chi connectivity index (χ1v) is 10.4. The lowest BCUT2D eigenvalue weighted by atomic mass is 10.2. The number of nitrogens with zero attached hydrogens (tertiary/aromatic N) is 1. The minimum absolute atomic E-state index is 0.136. The smallest absolute Gasteiger partial charge is 0.415 e. The van der Waals surface area contributed by atoms with Crippen LogP contribution in [0, 0.1) is 0 Å². The van der Waals surface area contributed by atoms with Crippen molar-refractivity contribution in [1.29, 1.82) is 0 Å². The Labute approximate surface area is 158 Å². The van der Waals surface area contributed by atoms with Crippen LogP contribution >= 0.6 is 11.6 Å². The van der Waals surface area contributed by atoms with Crippen molar-refractivity contribution >= 4 is 33.4 Å². The number of benzene rings is 1. The average molecular weight is 406 g/mol. The molecule has 0 spiro atoms. The van der Waals surface area contributed by atoms with Gasteiger partial charge >= 0.3 is 6.09 Å². The molecule has 1 amide bonds. The molecule has 1 aliphatic heterocycles. The van der Waals surface area contributed by atoms with E-state index >= 15 is 0 Å². The van der Waals surface area contributed by atoms with Crippen molar-refractivity contribution < 1.29 is 22.7 Å². The van der Waals surface area contributed by atoms with Gasteiger partial charge in [-0.05, 0) is 32.9 Å². The first-order chi connectivity index (χ1) is 12.1. The summed E-state index contributed by atoms with van der Waals surface area (Å²) in [6.45, 7) is 7.87. The molecule has 0 unspecified atom stereocenters. The molecule has 1 aliphatic rings. The SMILES string of the molecule is CC(C)(C)Oc1c(NS(=O)(=O)CCl)cccc1OC(=O)N1CCNCC1. The second kappa shape index (κ2) is 8.32. The second-order valence-electron chi connectivity index (χ2n) is 6.78. The number of piperazine rings is 1. The normalized spacial score (nSPS) is 15.5. The zero-order chi connectivity index (χ0) is 19.4. The van der Waals surface area contributed by atoms with Crippen LogP contribution in [0.15, 0.2) is 18.2 Å². The predicted molar refractivity (Wildman–Crippen MR) is 101 cm³/mol. The van der Waals surface area contributed by atoms with Gasteiger partial charge in [0.1, 0.15) is 10.8 Å². The summed E-state index contributed by atoms with van der Waals surface area (Å²) >= 11 is 5.46. The van der Waals surface area contributed by atoms with Gasteiger partial charge in [-0.3, -0.25) is 4.72 Å². The van der Waals surface area contributed by atoms with E-state index in [1.165, 1.54) is 6.07 Å². The number of sulfonamides is 1. The molecule has 0 saturated carbocycles. The minimum atomic E-state index is -3.74. The van der Waals surface area contributed by atoms with E-state index in [9.17, 15) is 13.2 Å². The van der Waals surface area contributed by atoms with E-state index in [4.69, 9.17) is 21.1 Å². The summed E-state index contributed by atoms with van der Waals surface area (Å²) < 4.78 is 37.4. The van der Waals surface area contributed by atoms with Crippen molar-refractivity contribution in [2.24, 2.45) is 0 Å². The van der Waals surface area contributed by atoms with Crippen molar-refractivity contribution in [3.05, 3.63) is 18.2 Å². The lowest BCUT2D eigenvalue weighted by Crippen LogP contribution is -2.47. The number of anilines is 1. The molecule has 1 heterocycles. The van der Waals surface area contributed by atoms with Crippen LogP contribution in [-0.2, 0) is 10.0 Å². The topological polar surface area (TPSA) is 97.0 Å². The number of rotatable bonds is 5. The number of hydrogen-bond donors (Lipinski definition) is 2. The van der Waals surface area contributed by atoms with E-state index in [2.05, 4.69) is 10.0 Å². The number of carbonyl (C=O) groups excluding carboxylic acids is 1. The van der Waals surface area contributed by atoms with Crippen molar-refractivity contribution in [2.75, 3.05) is 36.1 Å². The number of ether oxygens (including phenoxy) is 2. The molecule has 0 aliphatic carbocycles. The maximum Gasteiger partial charge on any atom is 0.415 e. The molecule has 10 heteroatoms. The fourth-order valence-electron chi connectivity index (χ4n) is 2.29. The number of carbonyl (C=O) groups is 1. The molecular weight excluding hydrogens is 382 g/mol. The van der Waals surface area contributed by atoms with Crippen molar-refractivity contribution in [2.45, 2.75) is 26.4 Å². The quantitative estimate of drug-likeness (QED) is 0.729. The largest absolute Gasteiger partial charge is 0.482 e. The predicted octanol–water partition coefficient (Wildman–Crippen LogP) is 2.21. The van der Waals surface area contributed by atoms with Crippen LogP contribution in [0.5, 0.6) is 11.5 Å². The minimum Gasteiger partial charge on any atom is -0.482 e. The third kappa shape index (κ3) is 5.93. The van der Waals surface area contributed by atoms with Gasteiger partial charge in [-0.15, -0.1) is 11.6 Å². The Bertz CT molecular complexity index is 743. The van der Waals surface area contributed by atoms with Gasteiger partial charge in [0.2, 0.25) is 10.0 Å². The van der Waals surface area contributed by atoms with Crippen molar-refractivity contribution in [3.63, 3.8) is 0 Å². The summed E-state index contributed by atoms with van der Waals surface area (Å²) in [5, 5.41) is 2.55. The summed E-state index contributed by atoms with van der Waals surface area (Å²) in [5.74, 6) is 0.274. The highest BCUT2D eigenvalue weighted by Gasteiger charge is 2.25. The van der Waals surface area contributed by atoms with Gasteiger partial charge in [0.05, 0.1) is 5.69 Å². The molecular formula is C16H24ClN3O5S. The van der Waals surface area contributed by atoms with Crippen LogP contribution in [0.1, 0.15) is 20.8 Å². The van der Waals surface area contributed by atoms with Crippen molar-refractivity contribution in [3.8, 4) is 11.5 Å². The lowest BCUT2D eigenvalue weighted by Gasteiger charge is -2.28. The number of para-hydroxylation sites is 1. The molecule has 1 aromatic carbocycles. The zero-order valence-electron chi connectivity index (χ0n) is 15.0. The van der Waals surface area contributed by atoms with Gasteiger partial charge in [-0.1, -0.05) is 6.07 Å². The monoisotopic (exact) mass is 405 g/mol. The fourth-order valence-corrected chi connectivity index (χ4v) is 3.00. The molecule has 1 aromatic rings. The molecule has 0 aromatic heterocycles.